The Morgan fingerprint density at radius 1 is 1.00 bits per heavy atom. The van der Waals surface area contributed by atoms with Gasteiger partial charge in [0.2, 0.25) is 0 Å². The summed E-state index contributed by atoms with van der Waals surface area (Å²) in [5.74, 6) is -0.789. The Morgan fingerprint density at radius 2 is 1.57 bits per heavy atom. The average molecular weight is 296 g/mol. The van der Waals surface area contributed by atoms with Crippen LogP contribution in [0, 0.1) is 0 Å². The maximum atomic E-state index is 11.7. The third kappa shape index (κ3) is 3.14. The summed E-state index contributed by atoms with van der Waals surface area (Å²) in [6, 6.07) is 6.94. The van der Waals surface area contributed by atoms with Gasteiger partial charge < -0.3 is 23.7 Å². The quantitative estimate of drug-likeness (QED) is 0.761. The van der Waals surface area contributed by atoms with E-state index in [4.69, 9.17) is 14.2 Å². The second-order valence-electron chi connectivity index (χ2n) is 4.27. The normalized spacial score (nSPS) is 21.9. The number of benzene rings is 1. The number of carbonyl (C=O) groups is 2. The molecule has 114 valence electrons. The summed E-state index contributed by atoms with van der Waals surface area (Å²) >= 11 is 0. The molecule has 2 atom stereocenters. The van der Waals surface area contributed by atoms with E-state index in [2.05, 4.69) is 9.47 Å². The fraction of sp³-hybridized carbons (Fsp3) is 0.429. The molecule has 1 aliphatic rings. The van der Waals surface area contributed by atoms with Crippen LogP contribution in [0.25, 0.3) is 0 Å². The smallest absolute Gasteiger partial charge is 0.338 e. The zero-order chi connectivity index (χ0) is 15.4. The predicted molar refractivity (Wildman–Crippen MR) is 69.5 cm³/mol. The first-order chi connectivity index (χ1) is 10.1. The first kappa shape index (κ1) is 15.3. The molecular formula is C14H16O7. The lowest BCUT2D eigenvalue weighted by molar-refractivity contribution is -0.160. The van der Waals surface area contributed by atoms with E-state index in [1.807, 2.05) is 0 Å². The maximum Gasteiger partial charge on any atom is 0.338 e. The van der Waals surface area contributed by atoms with E-state index in [0.717, 1.165) is 0 Å². The number of hydrogen-bond acceptors (Lipinski definition) is 7. The van der Waals surface area contributed by atoms with Gasteiger partial charge in [0.1, 0.15) is 5.75 Å². The van der Waals surface area contributed by atoms with Gasteiger partial charge >= 0.3 is 11.9 Å². The van der Waals surface area contributed by atoms with Crippen molar-refractivity contribution in [2.24, 2.45) is 0 Å². The van der Waals surface area contributed by atoms with Gasteiger partial charge in [-0.3, -0.25) is 0 Å². The number of carbonyl (C=O) groups excluding carboxylic acids is 2. The minimum Gasteiger partial charge on any atom is -0.497 e. The Kier molecular flexibility index (Phi) is 4.77. The summed E-state index contributed by atoms with van der Waals surface area (Å²) in [5.41, 5.74) is 0.620. The number of ether oxygens (including phenoxy) is 5. The number of esters is 2. The fourth-order valence-corrected chi connectivity index (χ4v) is 1.98. The Balaban J connectivity index is 2.23. The molecule has 1 heterocycles. The highest BCUT2D eigenvalue weighted by Crippen LogP contribution is 2.33. The van der Waals surface area contributed by atoms with E-state index >= 15 is 0 Å². The highest BCUT2D eigenvalue weighted by molar-refractivity contribution is 5.86. The predicted octanol–water partition coefficient (Wildman–Crippen LogP) is 0.824. The van der Waals surface area contributed by atoms with Crippen molar-refractivity contribution < 1.29 is 33.3 Å². The molecule has 0 amide bonds. The highest BCUT2D eigenvalue weighted by atomic mass is 16.8. The van der Waals surface area contributed by atoms with Gasteiger partial charge in [-0.1, -0.05) is 12.1 Å². The zero-order valence-corrected chi connectivity index (χ0v) is 11.9. The van der Waals surface area contributed by atoms with Crippen LogP contribution in [0.15, 0.2) is 24.3 Å². The van der Waals surface area contributed by atoms with E-state index < -0.39 is 30.4 Å². The highest BCUT2D eigenvalue weighted by Gasteiger charge is 2.47. The minimum absolute atomic E-state index is 0.607. The summed E-state index contributed by atoms with van der Waals surface area (Å²) in [7, 11) is 3.95. The number of hydrogen-bond donors (Lipinski definition) is 0. The molecule has 0 bridgehead atoms. The second kappa shape index (κ2) is 6.55. The van der Waals surface area contributed by atoms with Crippen LogP contribution in [-0.2, 0) is 28.5 Å². The first-order valence-electron chi connectivity index (χ1n) is 6.21. The van der Waals surface area contributed by atoms with Crippen LogP contribution < -0.4 is 4.74 Å². The van der Waals surface area contributed by atoms with Crippen LogP contribution in [0.1, 0.15) is 11.9 Å². The van der Waals surface area contributed by atoms with Gasteiger partial charge in [-0.25, -0.2) is 9.59 Å². The van der Waals surface area contributed by atoms with Crippen molar-refractivity contribution in [3.8, 4) is 5.75 Å². The van der Waals surface area contributed by atoms with Gasteiger partial charge in [-0.15, -0.1) is 0 Å². The van der Waals surface area contributed by atoms with E-state index in [-0.39, 0.29) is 0 Å². The summed E-state index contributed by atoms with van der Waals surface area (Å²) < 4.78 is 25.3. The average Bonchev–Trinajstić information content (AvgIpc) is 2.98. The first-order valence-corrected chi connectivity index (χ1v) is 6.21. The molecule has 0 aromatic heterocycles. The summed E-state index contributed by atoms with van der Waals surface area (Å²) in [6.07, 6.45) is -3.22. The molecule has 0 radical (unpaired) electrons. The fourth-order valence-electron chi connectivity index (χ4n) is 1.98. The van der Waals surface area contributed by atoms with Crippen molar-refractivity contribution >= 4 is 11.9 Å². The van der Waals surface area contributed by atoms with Gasteiger partial charge in [0, 0.05) is 5.56 Å². The van der Waals surface area contributed by atoms with Gasteiger partial charge in [0.05, 0.1) is 21.3 Å². The van der Waals surface area contributed by atoms with Crippen molar-refractivity contribution in [1.29, 1.82) is 0 Å². The Morgan fingerprint density at radius 3 is 2.05 bits per heavy atom. The third-order valence-electron chi connectivity index (χ3n) is 3.05. The second-order valence-corrected chi connectivity index (χ2v) is 4.27. The molecule has 1 saturated heterocycles. The van der Waals surface area contributed by atoms with Gasteiger partial charge in [0.25, 0.3) is 0 Å². The zero-order valence-electron chi connectivity index (χ0n) is 11.9. The lowest BCUT2D eigenvalue weighted by Crippen LogP contribution is -2.38. The molecule has 0 N–H and O–H groups in total. The summed E-state index contributed by atoms with van der Waals surface area (Å²) in [6.45, 7) is 0. The molecule has 1 aromatic carbocycles. The topological polar surface area (TPSA) is 80.3 Å². The maximum absolute atomic E-state index is 11.7. The molecule has 1 fully saturated rings. The molecule has 7 heteroatoms. The van der Waals surface area contributed by atoms with Crippen molar-refractivity contribution in [3.05, 3.63) is 29.8 Å². The Labute approximate surface area is 121 Å². The molecule has 2 rings (SSSR count). The minimum atomic E-state index is -1.17. The van der Waals surface area contributed by atoms with Gasteiger partial charge in [0.15, 0.2) is 18.5 Å². The standard InChI is InChI=1S/C14H16O7/c1-17-9-6-4-5-8(7-9)14-20-10(12(15)18-2)11(21-14)13(16)19-3/h4-7,10-11,14H,1-3H3/t10-,11-/m1/s1. The molecule has 0 spiro atoms. The molecule has 0 aliphatic carbocycles. The van der Waals surface area contributed by atoms with Gasteiger partial charge in [-0.2, -0.15) is 0 Å². The number of methoxy groups -OCH3 is 3. The lowest BCUT2D eigenvalue weighted by Gasteiger charge is -2.11. The SMILES string of the molecule is COC(=O)[C@@H]1OC(c2cccc(OC)c2)O[C@H]1C(=O)OC. The van der Waals surface area contributed by atoms with Crippen molar-refractivity contribution in [1.82, 2.24) is 0 Å². The molecular weight excluding hydrogens is 280 g/mol. The Bertz CT molecular complexity index is 504. The monoisotopic (exact) mass is 296 g/mol. The molecule has 1 aromatic rings. The lowest BCUT2D eigenvalue weighted by atomic mass is 10.2. The van der Waals surface area contributed by atoms with Crippen LogP contribution in [0.5, 0.6) is 5.75 Å². The number of rotatable bonds is 4. The van der Waals surface area contributed by atoms with Crippen molar-refractivity contribution in [3.63, 3.8) is 0 Å². The molecule has 21 heavy (non-hydrogen) atoms. The largest absolute Gasteiger partial charge is 0.497 e. The van der Waals surface area contributed by atoms with Crippen LogP contribution in [0.3, 0.4) is 0 Å². The van der Waals surface area contributed by atoms with Crippen molar-refractivity contribution in [2.45, 2.75) is 18.5 Å². The Hall–Kier alpha value is -2.12. The van der Waals surface area contributed by atoms with Crippen molar-refractivity contribution in [2.75, 3.05) is 21.3 Å². The van der Waals surface area contributed by atoms with E-state index in [9.17, 15) is 9.59 Å². The van der Waals surface area contributed by atoms with E-state index in [1.165, 1.54) is 21.3 Å². The third-order valence-corrected chi connectivity index (χ3v) is 3.05. The van der Waals surface area contributed by atoms with Crippen LogP contribution in [0.4, 0.5) is 0 Å². The van der Waals surface area contributed by atoms with Gasteiger partial charge in [-0.05, 0) is 12.1 Å². The molecule has 7 nitrogen and oxygen atoms in total. The van der Waals surface area contributed by atoms with E-state index in [0.29, 0.717) is 11.3 Å². The molecule has 0 unspecified atom stereocenters. The summed E-state index contributed by atoms with van der Waals surface area (Å²) in [5, 5.41) is 0. The molecule has 0 saturated carbocycles. The van der Waals surface area contributed by atoms with Crippen LogP contribution in [0.2, 0.25) is 0 Å². The van der Waals surface area contributed by atoms with Crippen LogP contribution in [-0.4, -0.2) is 45.5 Å². The van der Waals surface area contributed by atoms with E-state index in [1.54, 1.807) is 24.3 Å². The summed E-state index contributed by atoms with van der Waals surface area (Å²) in [4.78, 5) is 23.4. The van der Waals surface area contributed by atoms with Crippen LogP contribution >= 0.6 is 0 Å². The molecule has 1 aliphatic heterocycles.